The van der Waals surface area contributed by atoms with Crippen molar-refractivity contribution < 1.29 is 9.18 Å². The zero-order valence-corrected chi connectivity index (χ0v) is 17.7. The Bertz CT molecular complexity index is 1220. The van der Waals surface area contributed by atoms with E-state index in [0.29, 0.717) is 19.5 Å². The summed E-state index contributed by atoms with van der Waals surface area (Å²) in [6.07, 6.45) is 0.419. The van der Waals surface area contributed by atoms with Gasteiger partial charge in [-0.15, -0.1) is 0 Å². The molecule has 5 rings (SSSR count). The molecular weight excluding hydrogens is 445 g/mol. The van der Waals surface area contributed by atoms with Crippen LogP contribution in [-0.4, -0.2) is 22.0 Å². The number of imidazole rings is 1. The van der Waals surface area contributed by atoms with Gasteiger partial charge in [-0.25, -0.2) is 9.37 Å². The fourth-order valence-electron chi connectivity index (χ4n) is 4.10. The van der Waals surface area contributed by atoms with Gasteiger partial charge in [-0.3, -0.25) is 4.79 Å². The molecule has 4 aromatic rings. The number of carbonyl (C=O) groups is 1. The van der Waals surface area contributed by atoms with Crippen LogP contribution >= 0.6 is 15.9 Å². The molecule has 4 nitrogen and oxygen atoms in total. The Morgan fingerprint density at radius 1 is 1.00 bits per heavy atom. The first kappa shape index (κ1) is 19.0. The summed E-state index contributed by atoms with van der Waals surface area (Å²) in [7, 11) is 0. The molecule has 1 saturated heterocycles. The van der Waals surface area contributed by atoms with Crippen LogP contribution in [0, 0.1) is 5.82 Å². The second-order valence-corrected chi connectivity index (χ2v) is 8.47. The monoisotopic (exact) mass is 463 g/mol. The number of carbonyl (C=O) groups excluding carboxylic acids is 1. The van der Waals surface area contributed by atoms with E-state index in [1.165, 1.54) is 12.1 Å². The molecule has 0 N–H and O–H groups in total. The number of para-hydroxylation sites is 2. The molecule has 1 aromatic heterocycles. The van der Waals surface area contributed by atoms with Crippen molar-refractivity contribution in [3.63, 3.8) is 0 Å². The van der Waals surface area contributed by atoms with Gasteiger partial charge in [0.15, 0.2) is 0 Å². The molecule has 2 heterocycles. The Kier molecular flexibility index (Phi) is 4.87. The summed E-state index contributed by atoms with van der Waals surface area (Å²) in [4.78, 5) is 19.5. The van der Waals surface area contributed by atoms with E-state index in [9.17, 15) is 9.18 Å². The average molecular weight is 464 g/mol. The fourth-order valence-corrected chi connectivity index (χ4v) is 4.36. The van der Waals surface area contributed by atoms with Crippen molar-refractivity contribution in [2.24, 2.45) is 0 Å². The molecule has 1 aliphatic rings. The third-order valence-corrected chi connectivity index (χ3v) is 6.10. The van der Waals surface area contributed by atoms with Gasteiger partial charge in [0.05, 0.1) is 11.0 Å². The predicted molar refractivity (Wildman–Crippen MR) is 119 cm³/mol. The molecule has 0 bridgehead atoms. The molecule has 30 heavy (non-hydrogen) atoms. The van der Waals surface area contributed by atoms with Crippen molar-refractivity contribution in [2.75, 3.05) is 11.4 Å². The largest absolute Gasteiger partial charge is 0.323 e. The molecule has 1 unspecified atom stereocenters. The topological polar surface area (TPSA) is 38.1 Å². The summed E-state index contributed by atoms with van der Waals surface area (Å²) in [5.74, 6) is 0.742. The van der Waals surface area contributed by atoms with Crippen LogP contribution in [0.1, 0.15) is 23.7 Å². The van der Waals surface area contributed by atoms with E-state index in [0.717, 1.165) is 32.6 Å². The summed E-state index contributed by atoms with van der Waals surface area (Å²) < 4.78 is 16.5. The van der Waals surface area contributed by atoms with E-state index in [4.69, 9.17) is 4.98 Å². The molecular formula is C24H19BrFN3O. The van der Waals surface area contributed by atoms with E-state index in [2.05, 4.69) is 20.5 Å². The van der Waals surface area contributed by atoms with Crippen molar-refractivity contribution in [3.05, 3.63) is 94.5 Å². The molecule has 0 spiro atoms. The second kappa shape index (κ2) is 7.69. The Morgan fingerprint density at radius 2 is 1.73 bits per heavy atom. The summed E-state index contributed by atoms with van der Waals surface area (Å²) in [5.41, 5.74) is 3.82. The first-order valence-electron chi connectivity index (χ1n) is 9.84. The number of anilines is 1. The number of hydrogen-bond acceptors (Lipinski definition) is 2. The Morgan fingerprint density at radius 3 is 2.50 bits per heavy atom. The molecule has 1 fully saturated rings. The number of nitrogens with zero attached hydrogens (tertiary/aromatic N) is 3. The number of amides is 1. The van der Waals surface area contributed by atoms with Crippen LogP contribution < -0.4 is 4.90 Å². The Hall–Kier alpha value is -2.99. The smallest absolute Gasteiger partial charge is 0.227 e. The molecule has 0 radical (unpaired) electrons. The molecule has 1 amide bonds. The highest BCUT2D eigenvalue weighted by atomic mass is 79.9. The van der Waals surface area contributed by atoms with Crippen LogP contribution in [0.5, 0.6) is 0 Å². The predicted octanol–water partition coefficient (Wildman–Crippen LogP) is 5.51. The third kappa shape index (κ3) is 3.52. The number of halogens is 2. The molecule has 1 aliphatic heterocycles. The summed E-state index contributed by atoms with van der Waals surface area (Å²) >= 11 is 3.44. The number of benzene rings is 3. The maximum atomic E-state index is 13.4. The van der Waals surface area contributed by atoms with Crippen molar-refractivity contribution in [1.82, 2.24) is 9.55 Å². The van der Waals surface area contributed by atoms with Crippen LogP contribution in [0.25, 0.3) is 11.0 Å². The van der Waals surface area contributed by atoms with Gasteiger partial charge in [0.25, 0.3) is 0 Å². The van der Waals surface area contributed by atoms with E-state index < -0.39 is 0 Å². The Labute approximate surface area is 182 Å². The van der Waals surface area contributed by atoms with Crippen LogP contribution in [0.15, 0.2) is 77.3 Å². The van der Waals surface area contributed by atoms with Gasteiger partial charge in [-0.2, -0.15) is 0 Å². The molecule has 1 atom stereocenters. The van der Waals surface area contributed by atoms with Gasteiger partial charge in [-0.05, 0) is 54.1 Å². The van der Waals surface area contributed by atoms with Gasteiger partial charge >= 0.3 is 0 Å². The zero-order chi connectivity index (χ0) is 20.7. The molecule has 0 aliphatic carbocycles. The lowest BCUT2D eigenvalue weighted by Crippen LogP contribution is -2.24. The zero-order valence-electron chi connectivity index (χ0n) is 16.1. The maximum Gasteiger partial charge on any atom is 0.227 e. The average Bonchev–Trinajstić information content (AvgIpc) is 3.31. The van der Waals surface area contributed by atoms with Crippen molar-refractivity contribution in [3.8, 4) is 0 Å². The van der Waals surface area contributed by atoms with Gasteiger partial charge in [0.1, 0.15) is 11.6 Å². The highest BCUT2D eigenvalue weighted by molar-refractivity contribution is 9.10. The van der Waals surface area contributed by atoms with Gasteiger partial charge < -0.3 is 9.47 Å². The minimum Gasteiger partial charge on any atom is -0.323 e. The van der Waals surface area contributed by atoms with Crippen molar-refractivity contribution in [2.45, 2.75) is 18.9 Å². The molecule has 150 valence electrons. The van der Waals surface area contributed by atoms with Gasteiger partial charge in [-0.1, -0.05) is 40.2 Å². The lowest BCUT2D eigenvalue weighted by Gasteiger charge is -2.17. The number of fused-ring (bicyclic) bond motifs is 1. The molecule has 0 saturated carbocycles. The van der Waals surface area contributed by atoms with E-state index in [1.54, 1.807) is 12.1 Å². The first-order valence-corrected chi connectivity index (χ1v) is 10.6. The lowest BCUT2D eigenvalue weighted by molar-refractivity contribution is -0.117. The lowest BCUT2D eigenvalue weighted by atomic mass is 10.1. The second-order valence-electron chi connectivity index (χ2n) is 7.55. The summed E-state index contributed by atoms with van der Waals surface area (Å²) in [5, 5.41) is 0. The van der Waals surface area contributed by atoms with Crippen molar-refractivity contribution in [1.29, 1.82) is 0 Å². The van der Waals surface area contributed by atoms with Crippen LogP contribution in [0.3, 0.4) is 0 Å². The van der Waals surface area contributed by atoms with E-state index in [-0.39, 0.29) is 17.6 Å². The van der Waals surface area contributed by atoms with Gasteiger partial charge in [0, 0.05) is 35.6 Å². The van der Waals surface area contributed by atoms with Crippen molar-refractivity contribution >= 4 is 38.6 Å². The van der Waals surface area contributed by atoms with Crippen LogP contribution in [-0.2, 0) is 11.3 Å². The Balaban J connectivity index is 1.51. The highest BCUT2D eigenvalue weighted by Gasteiger charge is 2.34. The van der Waals surface area contributed by atoms with Crippen LogP contribution in [0.2, 0.25) is 0 Å². The normalized spacial score (nSPS) is 16.5. The summed E-state index contributed by atoms with van der Waals surface area (Å²) in [6.45, 7) is 1.17. The minimum atomic E-state index is -0.249. The number of aromatic nitrogens is 2. The number of rotatable bonds is 4. The minimum absolute atomic E-state index is 0.00556. The standard InChI is InChI=1S/C24H19BrFN3O/c25-18-7-11-20(12-8-18)28-15-17(13-23(28)30)24-27-21-3-1-2-4-22(21)29(24)14-16-5-9-19(26)10-6-16/h1-12,17H,13-15H2. The molecule has 6 heteroatoms. The third-order valence-electron chi connectivity index (χ3n) is 5.57. The highest BCUT2D eigenvalue weighted by Crippen LogP contribution is 2.34. The van der Waals surface area contributed by atoms with E-state index >= 15 is 0 Å². The maximum absolute atomic E-state index is 13.4. The summed E-state index contributed by atoms with van der Waals surface area (Å²) in [6, 6.07) is 22.3. The van der Waals surface area contributed by atoms with E-state index in [1.807, 2.05) is 53.4 Å². The van der Waals surface area contributed by atoms with Gasteiger partial charge in [0.2, 0.25) is 5.91 Å². The fraction of sp³-hybridized carbons (Fsp3) is 0.167. The number of hydrogen-bond donors (Lipinski definition) is 0. The van der Waals surface area contributed by atoms with Crippen LogP contribution in [0.4, 0.5) is 10.1 Å². The first-order chi connectivity index (χ1) is 14.6. The molecule has 3 aromatic carbocycles. The SMILES string of the molecule is O=C1CC(c2nc3ccccc3n2Cc2ccc(F)cc2)CN1c1ccc(Br)cc1. The quantitative estimate of drug-likeness (QED) is 0.400.